The van der Waals surface area contributed by atoms with Crippen LogP contribution in [0, 0.1) is 5.82 Å². The van der Waals surface area contributed by atoms with Gasteiger partial charge in [-0.2, -0.15) is 5.10 Å². The fourth-order valence-electron chi connectivity index (χ4n) is 3.11. The van der Waals surface area contributed by atoms with E-state index in [-0.39, 0.29) is 35.9 Å². The van der Waals surface area contributed by atoms with Crippen molar-refractivity contribution < 1.29 is 23.5 Å². The van der Waals surface area contributed by atoms with Crippen LogP contribution in [0.15, 0.2) is 35.3 Å². The molecule has 1 aliphatic rings. The molecule has 0 unspecified atom stereocenters. The summed E-state index contributed by atoms with van der Waals surface area (Å²) in [6.07, 6.45) is 2.27. The van der Waals surface area contributed by atoms with Gasteiger partial charge in [-0.05, 0) is 19.1 Å². The van der Waals surface area contributed by atoms with Crippen molar-refractivity contribution in [3.63, 3.8) is 0 Å². The second kappa shape index (κ2) is 8.85. The number of benzene rings is 1. The highest BCUT2D eigenvalue weighted by molar-refractivity contribution is 5.96. The third kappa shape index (κ3) is 4.98. The molecule has 29 heavy (non-hydrogen) atoms. The van der Waals surface area contributed by atoms with Gasteiger partial charge in [0.05, 0.1) is 11.8 Å². The molecule has 1 fully saturated rings. The third-order valence-corrected chi connectivity index (χ3v) is 4.73. The number of likely N-dealkylation sites (tertiary alicyclic amines) is 1. The molecule has 1 amide bonds. The number of nitrogens with zero attached hydrogens (tertiary/aromatic N) is 3. The van der Waals surface area contributed by atoms with Crippen molar-refractivity contribution in [1.82, 2.24) is 14.7 Å². The quantitative estimate of drug-likeness (QED) is 0.680. The highest BCUT2D eigenvalue weighted by Gasteiger charge is 2.25. The first-order valence-electron chi connectivity index (χ1n) is 9.25. The number of carbonyl (C=O) groups excluding carboxylic acids is 2. The molecule has 1 aliphatic heterocycles. The molecular weight excluding hydrogens is 381 g/mol. The average Bonchev–Trinajstić information content (AvgIpc) is 2.69. The fourth-order valence-corrected chi connectivity index (χ4v) is 3.11. The number of ketones is 1. The van der Waals surface area contributed by atoms with Crippen LogP contribution in [-0.4, -0.2) is 52.2 Å². The van der Waals surface area contributed by atoms with Crippen LogP contribution in [0.2, 0.25) is 0 Å². The molecule has 0 radical (unpaired) electrons. The number of hydrogen-bond donors (Lipinski definition) is 0. The van der Waals surface area contributed by atoms with E-state index in [9.17, 15) is 18.8 Å². The number of amides is 1. The molecule has 2 heterocycles. The number of piperidine rings is 1. The Hall–Kier alpha value is -3.23. The Bertz CT molecular complexity index is 967. The lowest BCUT2D eigenvalue weighted by atomic mass is 10.1. The summed E-state index contributed by atoms with van der Waals surface area (Å²) in [7, 11) is 1.50. The molecule has 1 aromatic heterocycles. The number of carbonyl (C=O) groups is 2. The average molecular weight is 403 g/mol. The van der Waals surface area contributed by atoms with E-state index in [0.29, 0.717) is 31.5 Å². The normalized spacial score (nSPS) is 14.5. The molecule has 0 spiro atoms. The molecule has 8 nitrogen and oxygen atoms in total. The van der Waals surface area contributed by atoms with Crippen molar-refractivity contribution in [2.45, 2.75) is 25.9 Å². The SMILES string of the molecule is CC(=O)c1ccc(F)cc1OC1CCN(C(=O)COc2ccnn(C)c2=O)CC1. The zero-order valence-corrected chi connectivity index (χ0v) is 16.3. The van der Waals surface area contributed by atoms with E-state index in [4.69, 9.17) is 9.47 Å². The molecule has 0 bridgehead atoms. The largest absolute Gasteiger partial charge is 0.489 e. The first-order valence-corrected chi connectivity index (χ1v) is 9.25. The van der Waals surface area contributed by atoms with Gasteiger partial charge < -0.3 is 14.4 Å². The van der Waals surface area contributed by atoms with Crippen molar-refractivity contribution in [2.24, 2.45) is 7.05 Å². The second-order valence-electron chi connectivity index (χ2n) is 6.81. The lowest BCUT2D eigenvalue weighted by Crippen LogP contribution is -2.44. The van der Waals surface area contributed by atoms with Gasteiger partial charge in [-0.3, -0.25) is 14.4 Å². The molecule has 9 heteroatoms. The predicted octanol–water partition coefficient (Wildman–Crippen LogP) is 1.57. The topological polar surface area (TPSA) is 90.7 Å². The van der Waals surface area contributed by atoms with Crippen molar-refractivity contribution >= 4 is 11.7 Å². The summed E-state index contributed by atoms with van der Waals surface area (Å²) in [5, 5.41) is 3.79. The Morgan fingerprint density at radius 1 is 1.21 bits per heavy atom. The second-order valence-corrected chi connectivity index (χ2v) is 6.81. The summed E-state index contributed by atoms with van der Waals surface area (Å²) in [5.41, 5.74) is -0.0824. The summed E-state index contributed by atoms with van der Waals surface area (Å²) < 4.78 is 25.8. The number of ether oxygens (including phenoxy) is 2. The van der Waals surface area contributed by atoms with E-state index >= 15 is 0 Å². The van der Waals surface area contributed by atoms with Gasteiger partial charge in [0, 0.05) is 45.1 Å². The zero-order chi connectivity index (χ0) is 21.0. The van der Waals surface area contributed by atoms with E-state index in [2.05, 4.69) is 5.10 Å². The monoisotopic (exact) mass is 403 g/mol. The van der Waals surface area contributed by atoms with Crippen LogP contribution in [0.5, 0.6) is 11.5 Å². The van der Waals surface area contributed by atoms with Crippen LogP contribution in [-0.2, 0) is 11.8 Å². The lowest BCUT2D eigenvalue weighted by molar-refractivity contribution is -0.135. The number of aromatic nitrogens is 2. The van der Waals surface area contributed by atoms with Crippen molar-refractivity contribution in [2.75, 3.05) is 19.7 Å². The van der Waals surface area contributed by atoms with Gasteiger partial charge in [0.1, 0.15) is 17.7 Å². The van der Waals surface area contributed by atoms with Crippen molar-refractivity contribution in [1.29, 1.82) is 0 Å². The Morgan fingerprint density at radius 2 is 1.93 bits per heavy atom. The molecule has 2 aromatic rings. The molecule has 0 aliphatic carbocycles. The molecular formula is C20H22FN3O5. The Kier molecular flexibility index (Phi) is 6.26. The van der Waals surface area contributed by atoms with E-state index in [1.54, 1.807) is 4.90 Å². The molecule has 0 saturated carbocycles. The fraction of sp³-hybridized carbons (Fsp3) is 0.400. The lowest BCUT2D eigenvalue weighted by Gasteiger charge is -2.32. The molecule has 0 atom stereocenters. The Labute approximate surface area is 166 Å². The standard InChI is InChI=1S/C20H22FN3O5/c1-13(25)16-4-3-14(21)11-18(16)29-15-6-9-24(10-7-15)19(26)12-28-17-5-8-22-23(2)20(17)27/h3-5,8,11,15H,6-7,9-10,12H2,1-2H3. The maximum Gasteiger partial charge on any atom is 0.308 e. The number of Topliss-reactive ketones (excluding diaryl/α,β-unsaturated/α-hetero) is 1. The van der Waals surface area contributed by atoms with E-state index in [1.807, 2.05) is 0 Å². The Balaban J connectivity index is 1.53. The number of aryl methyl sites for hydroxylation is 1. The van der Waals surface area contributed by atoms with E-state index in [1.165, 1.54) is 44.4 Å². The molecule has 154 valence electrons. The first kappa shape index (κ1) is 20.5. The molecule has 1 aromatic carbocycles. The van der Waals surface area contributed by atoms with Gasteiger partial charge in [-0.15, -0.1) is 0 Å². The smallest absolute Gasteiger partial charge is 0.308 e. The van der Waals surface area contributed by atoms with Crippen LogP contribution >= 0.6 is 0 Å². The summed E-state index contributed by atoms with van der Waals surface area (Å²) in [6.45, 7) is 2.03. The maximum absolute atomic E-state index is 13.5. The van der Waals surface area contributed by atoms with Crippen LogP contribution in [0.4, 0.5) is 4.39 Å². The highest BCUT2D eigenvalue weighted by atomic mass is 19.1. The van der Waals surface area contributed by atoms with Gasteiger partial charge in [0.25, 0.3) is 5.91 Å². The Morgan fingerprint density at radius 3 is 2.62 bits per heavy atom. The van der Waals surface area contributed by atoms with Gasteiger partial charge in [0.2, 0.25) is 0 Å². The van der Waals surface area contributed by atoms with Gasteiger partial charge in [-0.25, -0.2) is 9.07 Å². The minimum Gasteiger partial charge on any atom is -0.489 e. The number of hydrogen-bond acceptors (Lipinski definition) is 6. The van der Waals surface area contributed by atoms with Gasteiger partial charge in [0.15, 0.2) is 18.1 Å². The summed E-state index contributed by atoms with van der Waals surface area (Å²) in [4.78, 5) is 37.5. The minimum absolute atomic E-state index is 0.0666. The zero-order valence-electron chi connectivity index (χ0n) is 16.3. The number of rotatable bonds is 6. The van der Waals surface area contributed by atoms with Crippen LogP contribution < -0.4 is 15.0 Å². The van der Waals surface area contributed by atoms with Gasteiger partial charge >= 0.3 is 5.56 Å². The predicted molar refractivity (Wildman–Crippen MR) is 102 cm³/mol. The van der Waals surface area contributed by atoms with E-state index in [0.717, 1.165) is 4.68 Å². The molecule has 0 N–H and O–H groups in total. The summed E-state index contributed by atoms with van der Waals surface area (Å²) >= 11 is 0. The van der Waals surface area contributed by atoms with Crippen molar-refractivity contribution in [3.05, 3.63) is 52.2 Å². The third-order valence-electron chi connectivity index (χ3n) is 4.73. The summed E-state index contributed by atoms with van der Waals surface area (Å²) in [5.74, 6) is -0.627. The summed E-state index contributed by atoms with van der Waals surface area (Å²) in [6, 6.07) is 5.26. The van der Waals surface area contributed by atoms with Crippen molar-refractivity contribution in [3.8, 4) is 11.5 Å². The van der Waals surface area contributed by atoms with Crippen LogP contribution in [0.3, 0.4) is 0 Å². The minimum atomic E-state index is -0.475. The first-order chi connectivity index (χ1) is 13.8. The molecule has 3 rings (SSSR count). The van der Waals surface area contributed by atoms with E-state index < -0.39 is 11.4 Å². The highest BCUT2D eigenvalue weighted by Crippen LogP contribution is 2.25. The van der Waals surface area contributed by atoms with Crippen LogP contribution in [0.25, 0.3) is 0 Å². The maximum atomic E-state index is 13.5. The molecule has 1 saturated heterocycles. The van der Waals surface area contributed by atoms with Gasteiger partial charge in [-0.1, -0.05) is 0 Å². The van der Waals surface area contributed by atoms with Crippen LogP contribution in [0.1, 0.15) is 30.1 Å². The number of halogens is 1.